The highest BCUT2D eigenvalue weighted by Gasteiger charge is 2.41. The summed E-state index contributed by atoms with van der Waals surface area (Å²) in [5.74, 6) is -0.896. The van der Waals surface area contributed by atoms with E-state index in [-0.39, 0.29) is 6.61 Å². The molecule has 0 fully saturated rings. The van der Waals surface area contributed by atoms with E-state index in [0.29, 0.717) is 13.0 Å². The van der Waals surface area contributed by atoms with Gasteiger partial charge in [-0.1, -0.05) is 170 Å². The highest BCUT2D eigenvalue weighted by atomic mass is 31.0. The van der Waals surface area contributed by atoms with Crippen LogP contribution in [0.25, 0.3) is 0 Å². The maximum absolute atomic E-state index is 12.2. The fraction of sp³-hybridized carbons (Fsp3) is 0.872. The largest absolute Gasteiger partial charge is 0.480 e. The average molecular weight is 638 g/mol. The monoisotopic (exact) mass is 638 g/mol. The van der Waals surface area contributed by atoms with Crippen molar-refractivity contribution in [3.8, 4) is 0 Å². The highest BCUT2D eigenvalue weighted by Crippen LogP contribution is 2.28. The van der Waals surface area contributed by atoms with Crippen LogP contribution in [0.3, 0.4) is 0 Å². The van der Waals surface area contributed by atoms with Gasteiger partial charge in [0.1, 0.15) is 5.54 Å². The van der Waals surface area contributed by atoms with E-state index in [0.717, 1.165) is 32.1 Å². The Kier molecular flexibility index (Phi) is 33.1. The van der Waals surface area contributed by atoms with E-state index in [2.05, 4.69) is 47.5 Å². The van der Waals surface area contributed by atoms with Gasteiger partial charge in [-0.3, -0.25) is 9.46 Å². The Labute approximate surface area is 277 Å². The molecule has 0 aliphatic rings. The third kappa shape index (κ3) is 25.5. The molecular formula is C39H76NO3P. The summed E-state index contributed by atoms with van der Waals surface area (Å²) in [4.78, 5) is 12.2. The lowest BCUT2D eigenvalue weighted by molar-refractivity contribution is -0.151. The first kappa shape index (κ1) is 43.3. The van der Waals surface area contributed by atoms with Crippen LogP contribution in [0.5, 0.6) is 0 Å². The van der Waals surface area contributed by atoms with Crippen molar-refractivity contribution in [3.05, 3.63) is 24.3 Å². The molecule has 0 heterocycles. The zero-order valence-corrected chi connectivity index (χ0v) is 30.7. The van der Waals surface area contributed by atoms with Gasteiger partial charge in [-0.25, -0.2) is 0 Å². The lowest BCUT2D eigenvalue weighted by atomic mass is 9.92. The number of carbonyl (C=O) groups is 1. The molecule has 260 valence electrons. The molecule has 0 amide bonds. The lowest BCUT2D eigenvalue weighted by Gasteiger charge is -2.36. The minimum atomic E-state index is -1.17. The molecule has 0 aliphatic heterocycles. The molecule has 5 heteroatoms. The van der Waals surface area contributed by atoms with Gasteiger partial charge in [0.2, 0.25) is 0 Å². The normalized spacial score (nSPS) is 13.5. The zero-order valence-electron chi connectivity index (χ0n) is 29.6. The van der Waals surface area contributed by atoms with Crippen molar-refractivity contribution in [2.24, 2.45) is 0 Å². The van der Waals surface area contributed by atoms with E-state index in [4.69, 9.17) is 0 Å². The van der Waals surface area contributed by atoms with Crippen molar-refractivity contribution in [2.45, 2.75) is 206 Å². The van der Waals surface area contributed by atoms with Crippen molar-refractivity contribution >= 4 is 15.4 Å². The van der Waals surface area contributed by atoms with E-state index < -0.39 is 11.5 Å². The molecular weight excluding hydrogens is 561 g/mol. The molecule has 0 spiro atoms. The number of aliphatic hydroxyl groups excluding tert-OH is 1. The van der Waals surface area contributed by atoms with Crippen LogP contribution in [-0.2, 0) is 4.79 Å². The second-order valence-corrected chi connectivity index (χ2v) is 13.9. The SMILES string of the molecule is CCCCCCCCC=CCCCCCCCCN(P)[C@](CO)(CCCCCCCCC=CCCCCCCCC)C(=O)O. The third-order valence-corrected chi connectivity index (χ3v) is 9.97. The van der Waals surface area contributed by atoms with Crippen LogP contribution in [0.1, 0.15) is 200 Å². The summed E-state index contributed by atoms with van der Waals surface area (Å²) in [5.41, 5.74) is -1.17. The number of carboxylic acid groups (broad SMARTS) is 1. The van der Waals surface area contributed by atoms with Crippen molar-refractivity contribution in [1.29, 1.82) is 0 Å². The third-order valence-electron chi connectivity index (χ3n) is 9.22. The number of hydrogen-bond acceptors (Lipinski definition) is 3. The van der Waals surface area contributed by atoms with E-state index >= 15 is 0 Å². The van der Waals surface area contributed by atoms with Gasteiger partial charge < -0.3 is 10.2 Å². The van der Waals surface area contributed by atoms with Gasteiger partial charge in [0.05, 0.1) is 6.61 Å². The topological polar surface area (TPSA) is 60.8 Å². The Morgan fingerprint density at radius 2 is 0.864 bits per heavy atom. The molecule has 1 unspecified atom stereocenters. The summed E-state index contributed by atoms with van der Waals surface area (Å²) in [6, 6.07) is 0. The van der Waals surface area contributed by atoms with Gasteiger partial charge >= 0.3 is 5.97 Å². The second-order valence-electron chi connectivity index (χ2n) is 13.3. The molecule has 0 bridgehead atoms. The molecule has 44 heavy (non-hydrogen) atoms. The number of unbranched alkanes of at least 4 members (excludes halogenated alkanes) is 24. The molecule has 0 saturated heterocycles. The molecule has 0 saturated carbocycles. The Hall–Kier alpha value is -0.700. The van der Waals surface area contributed by atoms with Crippen molar-refractivity contribution in [2.75, 3.05) is 13.2 Å². The number of hydrogen-bond donors (Lipinski definition) is 2. The molecule has 0 aromatic rings. The van der Waals surface area contributed by atoms with Gasteiger partial charge in [-0.15, -0.1) is 0 Å². The highest BCUT2D eigenvalue weighted by molar-refractivity contribution is 7.13. The molecule has 4 nitrogen and oxygen atoms in total. The quantitative estimate of drug-likeness (QED) is 0.0412. The van der Waals surface area contributed by atoms with Gasteiger partial charge in [0.15, 0.2) is 0 Å². The van der Waals surface area contributed by atoms with Crippen LogP contribution in [0.2, 0.25) is 0 Å². The molecule has 0 rings (SSSR count). The van der Waals surface area contributed by atoms with Crippen molar-refractivity contribution in [1.82, 2.24) is 4.67 Å². The van der Waals surface area contributed by atoms with Crippen LogP contribution in [0, 0.1) is 0 Å². The molecule has 0 radical (unpaired) electrons. The smallest absolute Gasteiger partial charge is 0.326 e. The number of aliphatic hydroxyl groups is 1. The predicted octanol–water partition coefficient (Wildman–Crippen LogP) is 12.4. The van der Waals surface area contributed by atoms with Gasteiger partial charge in [0, 0.05) is 6.54 Å². The number of aliphatic carboxylic acids is 1. The number of nitrogens with zero attached hydrogens (tertiary/aromatic N) is 1. The first-order valence-electron chi connectivity index (χ1n) is 19.2. The number of carboxylic acids is 1. The molecule has 0 aromatic carbocycles. The van der Waals surface area contributed by atoms with Gasteiger partial charge in [-0.05, 0) is 64.2 Å². The summed E-state index contributed by atoms with van der Waals surface area (Å²) in [6.07, 6.45) is 45.1. The van der Waals surface area contributed by atoms with Gasteiger partial charge in [-0.2, -0.15) is 0 Å². The fourth-order valence-corrected chi connectivity index (χ4v) is 6.52. The van der Waals surface area contributed by atoms with Crippen LogP contribution >= 0.6 is 9.39 Å². The number of rotatable bonds is 35. The maximum atomic E-state index is 12.2. The average Bonchev–Trinajstić information content (AvgIpc) is 3.02. The summed E-state index contributed by atoms with van der Waals surface area (Å²) >= 11 is 0. The molecule has 2 atom stereocenters. The fourth-order valence-electron chi connectivity index (χ4n) is 6.02. The Balaban J connectivity index is 3.86. The van der Waals surface area contributed by atoms with E-state index in [1.807, 2.05) is 4.67 Å². The summed E-state index contributed by atoms with van der Waals surface area (Å²) in [5, 5.41) is 20.2. The summed E-state index contributed by atoms with van der Waals surface area (Å²) in [7, 11) is 2.62. The second kappa shape index (κ2) is 33.7. The summed E-state index contributed by atoms with van der Waals surface area (Å²) in [6.45, 7) is 4.91. The van der Waals surface area contributed by atoms with Crippen molar-refractivity contribution < 1.29 is 15.0 Å². The van der Waals surface area contributed by atoms with E-state index in [9.17, 15) is 15.0 Å². The number of allylic oxidation sites excluding steroid dienone is 4. The Morgan fingerprint density at radius 1 is 0.545 bits per heavy atom. The van der Waals surface area contributed by atoms with Gasteiger partial charge in [0.25, 0.3) is 0 Å². The van der Waals surface area contributed by atoms with Crippen LogP contribution < -0.4 is 0 Å². The van der Waals surface area contributed by atoms with Crippen LogP contribution in [0.4, 0.5) is 0 Å². The first-order chi connectivity index (χ1) is 21.5. The lowest BCUT2D eigenvalue weighted by Crippen LogP contribution is -2.53. The zero-order chi connectivity index (χ0) is 32.4. The standard InChI is InChI=1S/C39H76NO3P/c1-3-5-7-9-11-13-15-17-19-21-23-25-27-29-31-33-35-39(37-41,38(42)43)40(44)36-34-32-30-28-26-24-22-20-18-16-14-12-10-8-6-4-2/h17-20,41H,3-16,21-37,44H2,1-2H3,(H,42,43)/t39-/m0/s1. The molecule has 2 N–H and O–H groups in total. The molecule has 0 aromatic heterocycles. The molecule has 0 aliphatic carbocycles. The van der Waals surface area contributed by atoms with E-state index in [1.54, 1.807) is 0 Å². The summed E-state index contributed by atoms with van der Waals surface area (Å²) < 4.78 is 1.83. The van der Waals surface area contributed by atoms with Crippen LogP contribution in [0.15, 0.2) is 24.3 Å². The predicted molar refractivity (Wildman–Crippen MR) is 197 cm³/mol. The minimum Gasteiger partial charge on any atom is -0.480 e. The van der Waals surface area contributed by atoms with Crippen molar-refractivity contribution in [3.63, 3.8) is 0 Å². The first-order valence-corrected chi connectivity index (χ1v) is 19.7. The Morgan fingerprint density at radius 3 is 1.20 bits per heavy atom. The Bertz CT molecular complexity index is 668. The minimum absolute atomic E-state index is 0.330. The van der Waals surface area contributed by atoms with E-state index in [1.165, 1.54) is 148 Å². The maximum Gasteiger partial charge on any atom is 0.326 e. The van der Waals surface area contributed by atoms with Crippen LogP contribution in [-0.4, -0.2) is 39.5 Å².